The van der Waals surface area contributed by atoms with Crippen LogP contribution in [-0.4, -0.2) is 38.2 Å². The number of hydrogen-bond donors (Lipinski definition) is 3. The summed E-state index contributed by atoms with van der Waals surface area (Å²) in [5.74, 6) is -0.334. The quantitative estimate of drug-likeness (QED) is 0.677. The molecule has 2 rings (SSSR count). The second-order valence-corrected chi connectivity index (χ2v) is 4.47. The molecule has 1 atom stereocenters. The van der Waals surface area contributed by atoms with Crippen molar-refractivity contribution in [1.29, 1.82) is 0 Å². The molecule has 0 radical (unpaired) electrons. The second-order valence-electron chi connectivity index (χ2n) is 4.47. The molecule has 3 N–H and O–H groups in total. The standard InChI is InChI=1S/C11H16N4O3/c1-2-8-13-10(15-14-8)11(18)12-7(5-9(16)17)6-3-4-6/h6-7H,2-5H2,1H3,(H,12,18)(H,16,17)(H,13,14,15). The van der Waals surface area contributed by atoms with Crippen LogP contribution >= 0.6 is 0 Å². The van der Waals surface area contributed by atoms with Gasteiger partial charge < -0.3 is 10.4 Å². The number of aryl methyl sites for hydroxylation is 1. The van der Waals surface area contributed by atoms with Gasteiger partial charge in [0, 0.05) is 12.5 Å². The van der Waals surface area contributed by atoms with Gasteiger partial charge in [0.05, 0.1) is 6.42 Å². The van der Waals surface area contributed by atoms with E-state index in [1.165, 1.54) is 0 Å². The fourth-order valence-electron chi connectivity index (χ4n) is 1.81. The first kappa shape index (κ1) is 12.5. The molecule has 7 nitrogen and oxygen atoms in total. The van der Waals surface area contributed by atoms with Gasteiger partial charge in [-0.3, -0.25) is 14.7 Å². The van der Waals surface area contributed by atoms with E-state index in [1.807, 2.05) is 6.92 Å². The van der Waals surface area contributed by atoms with E-state index < -0.39 is 11.9 Å². The van der Waals surface area contributed by atoms with Gasteiger partial charge in [0.2, 0.25) is 5.82 Å². The zero-order valence-electron chi connectivity index (χ0n) is 10.1. The highest BCUT2D eigenvalue weighted by atomic mass is 16.4. The zero-order valence-corrected chi connectivity index (χ0v) is 10.1. The van der Waals surface area contributed by atoms with Crippen molar-refractivity contribution in [2.24, 2.45) is 5.92 Å². The van der Waals surface area contributed by atoms with Crippen LogP contribution in [0.2, 0.25) is 0 Å². The third-order valence-corrected chi connectivity index (χ3v) is 2.97. The van der Waals surface area contributed by atoms with E-state index in [2.05, 4.69) is 20.5 Å². The summed E-state index contributed by atoms with van der Waals surface area (Å²) in [5, 5.41) is 18.0. The maximum absolute atomic E-state index is 11.8. The van der Waals surface area contributed by atoms with Gasteiger partial charge in [0.15, 0.2) is 0 Å². The van der Waals surface area contributed by atoms with E-state index in [0.717, 1.165) is 12.8 Å². The molecule has 98 valence electrons. The molecule has 1 amide bonds. The Kier molecular flexibility index (Phi) is 3.59. The van der Waals surface area contributed by atoms with Gasteiger partial charge in [-0.05, 0) is 18.8 Å². The summed E-state index contributed by atoms with van der Waals surface area (Å²) in [6, 6.07) is -0.321. The predicted octanol–water partition coefficient (Wildman–Crippen LogP) is 0.350. The Balaban J connectivity index is 1.97. The van der Waals surface area contributed by atoms with Crippen molar-refractivity contribution in [2.45, 2.75) is 38.6 Å². The van der Waals surface area contributed by atoms with Gasteiger partial charge in [-0.1, -0.05) is 6.92 Å². The van der Waals surface area contributed by atoms with Gasteiger partial charge in [0.1, 0.15) is 5.82 Å². The molecule has 1 aliphatic rings. The van der Waals surface area contributed by atoms with Crippen LogP contribution in [0.4, 0.5) is 0 Å². The molecule has 0 bridgehead atoms. The van der Waals surface area contributed by atoms with Crippen LogP contribution in [0.25, 0.3) is 0 Å². The highest BCUT2D eigenvalue weighted by Crippen LogP contribution is 2.34. The third kappa shape index (κ3) is 3.06. The van der Waals surface area contributed by atoms with E-state index in [9.17, 15) is 9.59 Å². The van der Waals surface area contributed by atoms with Gasteiger partial charge in [-0.15, -0.1) is 5.10 Å². The number of carboxylic acid groups (broad SMARTS) is 1. The highest BCUT2D eigenvalue weighted by Gasteiger charge is 2.34. The lowest BCUT2D eigenvalue weighted by molar-refractivity contribution is -0.137. The van der Waals surface area contributed by atoms with Gasteiger partial charge >= 0.3 is 5.97 Å². The topological polar surface area (TPSA) is 108 Å². The summed E-state index contributed by atoms with van der Waals surface area (Å²) in [4.78, 5) is 26.6. The first-order valence-electron chi connectivity index (χ1n) is 6.04. The number of carbonyl (C=O) groups is 2. The van der Waals surface area contributed by atoms with Crippen molar-refractivity contribution in [3.63, 3.8) is 0 Å². The number of rotatable bonds is 6. The Morgan fingerprint density at radius 3 is 2.78 bits per heavy atom. The Hall–Kier alpha value is -1.92. The van der Waals surface area contributed by atoms with Crippen molar-refractivity contribution < 1.29 is 14.7 Å². The largest absolute Gasteiger partial charge is 0.481 e. The van der Waals surface area contributed by atoms with Crippen molar-refractivity contribution in [3.05, 3.63) is 11.6 Å². The number of carboxylic acids is 1. The summed E-state index contributed by atoms with van der Waals surface area (Å²) < 4.78 is 0. The van der Waals surface area contributed by atoms with Crippen LogP contribution in [0.3, 0.4) is 0 Å². The molecule has 1 aliphatic carbocycles. The normalized spacial score (nSPS) is 16.3. The van der Waals surface area contributed by atoms with Crippen LogP contribution in [0.1, 0.15) is 42.6 Å². The minimum atomic E-state index is -0.906. The van der Waals surface area contributed by atoms with Crippen LogP contribution < -0.4 is 5.32 Å². The van der Waals surface area contributed by atoms with Crippen LogP contribution in [0, 0.1) is 5.92 Å². The molecule has 1 heterocycles. The van der Waals surface area contributed by atoms with Gasteiger partial charge in [0.25, 0.3) is 5.91 Å². The average molecular weight is 252 g/mol. The lowest BCUT2D eigenvalue weighted by Gasteiger charge is -2.14. The zero-order chi connectivity index (χ0) is 13.1. The fourth-order valence-corrected chi connectivity index (χ4v) is 1.81. The number of carbonyl (C=O) groups excluding carboxylic acids is 1. The average Bonchev–Trinajstić information content (AvgIpc) is 3.05. The summed E-state index contributed by atoms with van der Waals surface area (Å²) in [7, 11) is 0. The Bertz CT molecular complexity index is 453. The molecule has 1 saturated carbocycles. The smallest absolute Gasteiger partial charge is 0.305 e. The molecule has 1 unspecified atom stereocenters. The van der Waals surface area contributed by atoms with E-state index in [-0.39, 0.29) is 24.2 Å². The van der Waals surface area contributed by atoms with Crippen LogP contribution in [0.5, 0.6) is 0 Å². The summed E-state index contributed by atoms with van der Waals surface area (Å²) in [6.07, 6.45) is 2.54. The van der Waals surface area contributed by atoms with E-state index in [1.54, 1.807) is 0 Å². The number of nitrogens with one attached hydrogen (secondary N) is 2. The minimum absolute atomic E-state index is 0.0541. The second kappa shape index (κ2) is 5.16. The van der Waals surface area contributed by atoms with E-state index in [4.69, 9.17) is 5.11 Å². The summed E-state index contributed by atoms with van der Waals surface area (Å²) >= 11 is 0. The Morgan fingerprint density at radius 2 is 2.28 bits per heavy atom. The molecule has 1 fully saturated rings. The molecule has 18 heavy (non-hydrogen) atoms. The number of H-pyrrole nitrogens is 1. The van der Waals surface area contributed by atoms with Crippen molar-refractivity contribution in [2.75, 3.05) is 0 Å². The molecule has 0 aromatic carbocycles. The molecule has 1 aromatic rings. The lowest BCUT2D eigenvalue weighted by atomic mass is 10.1. The molecular weight excluding hydrogens is 236 g/mol. The molecule has 0 aliphatic heterocycles. The molecule has 1 aromatic heterocycles. The molecule has 0 spiro atoms. The van der Waals surface area contributed by atoms with Crippen molar-refractivity contribution >= 4 is 11.9 Å². The fraction of sp³-hybridized carbons (Fsp3) is 0.636. The maximum atomic E-state index is 11.8. The highest BCUT2D eigenvalue weighted by molar-refractivity contribution is 5.90. The summed E-state index contributed by atoms with van der Waals surface area (Å²) in [5.41, 5.74) is 0. The third-order valence-electron chi connectivity index (χ3n) is 2.97. The van der Waals surface area contributed by atoms with Crippen molar-refractivity contribution in [3.8, 4) is 0 Å². The van der Waals surface area contributed by atoms with Crippen LogP contribution in [0.15, 0.2) is 0 Å². The first-order valence-corrected chi connectivity index (χ1v) is 6.04. The Labute approximate surface area is 104 Å². The SMILES string of the molecule is CCc1nc(C(=O)NC(CC(=O)O)C2CC2)n[nH]1. The number of hydrogen-bond acceptors (Lipinski definition) is 4. The maximum Gasteiger partial charge on any atom is 0.305 e. The molecule has 7 heteroatoms. The summed E-state index contributed by atoms with van der Waals surface area (Å²) in [6.45, 7) is 1.90. The number of amides is 1. The van der Waals surface area contributed by atoms with Gasteiger partial charge in [-0.25, -0.2) is 4.98 Å². The number of aromatic nitrogens is 3. The van der Waals surface area contributed by atoms with Crippen LogP contribution in [-0.2, 0) is 11.2 Å². The van der Waals surface area contributed by atoms with Gasteiger partial charge in [-0.2, -0.15) is 0 Å². The minimum Gasteiger partial charge on any atom is -0.481 e. The Morgan fingerprint density at radius 1 is 1.56 bits per heavy atom. The lowest BCUT2D eigenvalue weighted by Crippen LogP contribution is -2.38. The number of aliphatic carboxylic acids is 1. The van der Waals surface area contributed by atoms with E-state index in [0.29, 0.717) is 12.2 Å². The van der Waals surface area contributed by atoms with Crippen molar-refractivity contribution in [1.82, 2.24) is 20.5 Å². The first-order chi connectivity index (χ1) is 8.60. The predicted molar refractivity (Wildman–Crippen MR) is 62.0 cm³/mol. The monoisotopic (exact) mass is 252 g/mol. The number of nitrogens with zero attached hydrogens (tertiary/aromatic N) is 2. The molecular formula is C11H16N4O3. The number of aromatic amines is 1. The van der Waals surface area contributed by atoms with E-state index >= 15 is 0 Å². The molecule has 0 saturated heterocycles.